The molecule has 0 aliphatic carbocycles. The lowest BCUT2D eigenvalue weighted by Gasteiger charge is -2.14. The SMILES string of the molecule is CCc1cc(CC(C(=O)O)c2ccc(C)cc2)n(CC)n1. The normalized spacial score (nSPS) is 12.3. The number of aromatic nitrogens is 2. The van der Waals surface area contributed by atoms with Crippen LogP contribution in [0.4, 0.5) is 0 Å². The summed E-state index contributed by atoms with van der Waals surface area (Å²) >= 11 is 0. The summed E-state index contributed by atoms with van der Waals surface area (Å²) in [4.78, 5) is 11.6. The number of carboxylic acids is 1. The minimum Gasteiger partial charge on any atom is -0.481 e. The summed E-state index contributed by atoms with van der Waals surface area (Å²) in [6.45, 7) is 6.84. The van der Waals surface area contributed by atoms with Crippen molar-refractivity contribution < 1.29 is 9.90 Å². The standard InChI is InChI=1S/C17H22N2O2/c1-4-14-10-15(19(5-2)18-14)11-16(17(20)21)13-8-6-12(3)7-9-13/h6-10,16H,4-5,11H2,1-3H3,(H,20,21). The van der Waals surface area contributed by atoms with Crippen LogP contribution < -0.4 is 0 Å². The molecular weight excluding hydrogens is 264 g/mol. The highest BCUT2D eigenvalue weighted by Gasteiger charge is 2.22. The number of hydrogen-bond donors (Lipinski definition) is 1. The Balaban J connectivity index is 2.30. The van der Waals surface area contributed by atoms with Crippen molar-refractivity contribution in [1.29, 1.82) is 0 Å². The van der Waals surface area contributed by atoms with Gasteiger partial charge < -0.3 is 5.11 Å². The first-order chi connectivity index (χ1) is 10.0. The Bertz CT molecular complexity index is 614. The number of aryl methyl sites for hydroxylation is 3. The Morgan fingerprint density at radius 3 is 2.48 bits per heavy atom. The number of carboxylic acid groups (broad SMARTS) is 1. The molecule has 112 valence electrons. The molecule has 0 bridgehead atoms. The molecule has 4 nitrogen and oxygen atoms in total. The van der Waals surface area contributed by atoms with Crippen LogP contribution in [0.15, 0.2) is 30.3 Å². The van der Waals surface area contributed by atoms with E-state index in [1.165, 1.54) is 0 Å². The van der Waals surface area contributed by atoms with Crippen molar-refractivity contribution >= 4 is 5.97 Å². The van der Waals surface area contributed by atoms with Crippen molar-refractivity contribution in [1.82, 2.24) is 9.78 Å². The first-order valence-electron chi connectivity index (χ1n) is 7.40. The Hall–Kier alpha value is -2.10. The summed E-state index contributed by atoms with van der Waals surface area (Å²) < 4.78 is 1.91. The lowest BCUT2D eigenvalue weighted by Crippen LogP contribution is -2.16. The van der Waals surface area contributed by atoms with Crippen LogP contribution in [0.2, 0.25) is 0 Å². The Morgan fingerprint density at radius 1 is 1.29 bits per heavy atom. The van der Waals surface area contributed by atoms with E-state index in [0.29, 0.717) is 6.42 Å². The van der Waals surface area contributed by atoms with Crippen LogP contribution in [0.25, 0.3) is 0 Å². The number of nitrogens with zero attached hydrogens (tertiary/aromatic N) is 2. The maximum atomic E-state index is 11.6. The van der Waals surface area contributed by atoms with Gasteiger partial charge in [-0.15, -0.1) is 0 Å². The Morgan fingerprint density at radius 2 is 1.95 bits per heavy atom. The van der Waals surface area contributed by atoms with Crippen LogP contribution in [0.1, 0.15) is 42.3 Å². The van der Waals surface area contributed by atoms with Gasteiger partial charge in [0.05, 0.1) is 11.6 Å². The quantitative estimate of drug-likeness (QED) is 0.887. The molecule has 21 heavy (non-hydrogen) atoms. The monoisotopic (exact) mass is 286 g/mol. The van der Waals surface area contributed by atoms with Gasteiger partial charge in [-0.3, -0.25) is 9.48 Å². The molecule has 0 saturated heterocycles. The molecule has 0 fully saturated rings. The largest absolute Gasteiger partial charge is 0.481 e. The van der Waals surface area contributed by atoms with Gasteiger partial charge in [-0.2, -0.15) is 5.10 Å². The number of carbonyl (C=O) groups is 1. The molecule has 0 aliphatic heterocycles. The molecule has 2 rings (SSSR count). The topological polar surface area (TPSA) is 55.1 Å². The molecule has 2 aromatic rings. The molecule has 0 aliphatic rings. The molecular formula is C17H22N2O2. The van der Waals surface area contributed by atoms with E-state index in [-0.39, 0.29) is 0 Å². The Labute approximate surface area is 125 Å². The fourth-order valence-corrected chi connectivity index (χ4v) is 2.48. The zero-order chi connectivity index (χ0) is 15.4. The summed E-state index contributed by atoms with van der Waals surface area (Å²) in [7, 11) is 0. The second-order valence-electron chi connectivity index (χ2n) is 5.30. The summed E-state index contributed by atoms with van der Waals surface area (Å²) in [5.41, 5.74) is 3.98. The third-order valence-corrected chi connectivity index (χ3v) is 3.77. The third kappa shape index (κ3) is 3.51. The zero-order valence-corrected chi connectivity index (χ0v) is 12.8. The van der Waals surface area contributed by atoms with Gasteiger partial charge in [0.2, 0.25) is 0 Å². The van der Waals surface area contributed by atoms with E-state index in [9.17, 15) is 9.90 Å². The second kappa shape index (κ2) is 6.57. The highest BCUT2D eigenvalue weighted by molar-refractivity contribution is 5.76. The van der Waals surface area contributed by atoms with E-state index in [1.54, 1.807) is 0 Å². The second-order valence-corrected chi connectivity index (χ2v) is 5.30. The predicted octanol–water partition coefficient (Wildman–Crippen LogP) is 3.18. The third-order valence-electron chi connectivity index (χ3n) is 3.77. The molecule has 1 N–H and O–H groups in total. The fourth-order valence-electron chi connectivity index (χ4n) is 2.48. The molecule has 1 aromatic heterocycles. The van der Waals surface area contributed by atoms with Crippen LogP contribution in [-0.4, -0.2) is 20.9 Å². The van der Waals surface area contributed by atoms with Gasteiger partial charge in [-0.25, -0.2) is 0 Å². The fraction of sp³-hybridized carbons (Fsp3) is 0.412. The van der Waals surface area contributed by atoms with Crippen LogP contribution in [0.3, 0.4) is 0 Å². The summed E-state index contributed by atoms with van der Waals surface area (Å²) in [6, 6.07) is 9.75. The minimum absolute atomic E-state index is 0.471. The van der Waals surface area contributed by atoms with Crippen LogP contribution >= 0.6 is 0 Å². The van der Waals surface area contributed by atoms with E-state index in [2.05, 4.69) is 12.0 Å². The van der Waals surface area contributed by atoms with E-state index >= 15 is 0 Å². The van der Waals surface area contributed by atoms with E-state index in [4.69, 9.17) is 0 Å². The number of rotatable bonds is 6. The first-order valence-corrected chi connectivity index (χ1v) is 7.40. The number of benzene rings is 1. The van der Waals surface area contributed by atoms with Gasteiger partial charge in [0.15, 0.2) is 0 Å². The van der Waals surface area contributed by atoms with Gasteiger partial charge in [-0.1, -0.05) is 36.8 Å². The molecule has 0 amide bonds. The molecule has 0 spiro atoms. The Kier molecular flexibility index (Phi) is 4.78. The van der Waals surface area contributed by atoms with Crippen molar-refractivity contribution in [2.24, 2.45) is 0 Å². The number of hydrogen-bond acceptors (Lipinski definition) is 2. The van der Waals surface area contributed by atoms with Crippen LogP contribution in [-0.2, 0) is 24.2 Å². The predicted molar refractivity (Wildman–Crippen MR) is 82.5 cm³/mol. The van der Waals surface area contributed by atoms with E-state index in [1.807, 2.05) is 48.9 Å². The molecule has 4 heteroatoms. The maximum absolute atomic E-state index is 11.6. The molecule has 0 radical (unpaired) electrons. The average Bonchev–Trinajstić information content (AvgIpc) is 2.88. The molecule has 1 heterocycles. The van der Waals surface area contributed by atoms with E-state index < -0.39 is 11.9 Å². The highest BCUT2D eigenvalue weighted by atomic mass is 16.4. The summed E-state index contributed by atoms with van der Waals surface area (Å²) in [5, 5.41) is 14.0. The smallest absolute Gasteiger partial charge is 0.311 e. The van der Waals surface area contributed by atoms with Crippen molar-refractivity contribution in [2.75, 3.05) is 0 Å². The molecule has 1 atom stereocenters. The molecule has 1 unspecified atom stereocenters. The van der Waals surface area contributed by atoms with Gasteiger partial charge in [0.1, 0.15) is 0 Å². The van der Waals surface area contributed by atoms with Gasteiger partial charge in [0.25, 0.3) is 0 Å². The van der Waals surface area contributed by atoms with Gasteiger partial charge in [0, 0.05) is 18.7 Å². The van der Waals surface area contributed by atoms with Crippen LogP contribution in [0, 0.1) is 6.92 Å². The van der Waals surface area contributed by atoms with Crippen molar-refractivity contribution in [3.63, 3.8) is 0 Å². The minimum atomic E-state index is -0.791. The number of aliphatic carboxylic acids is 1. The van der Waals surface area contributed by atoms with Crippen LogP contribution in [0.5, 0.6) is 0 Å². The first kappa shape index (κ1) is 15.3. The van der Waals surface area contributed by atoms with Gasteiger partial charge in [-0.05, 0) is 31.9 Å². The summed E-state index contributed by atoms with van der Waals surface area (Å²) in [6.07, 6.45) is 1.33. The maximum Gasteiger partial charge on any atom is 0.311 e. The zero-order valence-electron chi connectivity index (χ0n) is 12.8. The summed E-state index contributed by atoms with van der Waals surface area (Å²) in [5.74, 6) is -1.32. The molecule has 0 saturated carbocycles. The van der Waals surface area contributed by atoms with Crippen molar-refractivity contribution in [2.45, 2.75) is 46.1 Å². The lowest BCUT2D eigenvalue weighted by atomic mass is 9.93. The van der Waals surface area contributed by atoms with Crippen molar-refractivity contribution in [3.8, 4) is 0 Å². The highest BCUT2D eigenvalue weighted by Crippen LogP contribution is 2.22. The van der Waals surface area contributed by atoms with Gasteiger partial charge >= 0.3 is 5.97 Å². The van der Waals surface area contributed by atoms with E-state index in [0.717, 1.165) is 35.5 Å². The molecule has 1 aromatic carbocycles. The van der Waals surface area contributed by atoms with Crippen molar-refractivity contribution in [3.05, 3.63) is 52.8 Å². The average molecular weight is 286 g/mol. The lowest BCUT2D eigenvalue weighted by molar-refractivity contribution is -0.138.